The highest BCUT2D eigenvalue weighted by atomic mass is 19.1. The number of aromatic hydroxyl groups is 1. The van der Waals surface area contributed by atoms with Crippen molar-refractivity contribution < 1.29 is 14.3 Å². The molecular formula is C25H22FN7O2. The van der Waals surface area contributed by atoms with Crippen molar-refractivity contribution in [3.05, 3.63) is 60.2 Å². The first-order chi connectivity index (χ1) is 17.0. The number of nitrogens with two attached hydrogens (primary N) is 1. The van der Waals surface area contributed by atoms with Crippen LogP contribution < -0.4 is 16.0 Å². The number of amides is 1. The van der Waals surface area contributed by atoms with E-state index in [1.165, 1.54) is 18.5 Å². The van der Waals surface area contributed by atoms with Gasteiger partial charge in [-0.3, -0.25) is 9.69 Å². The number of carbonyl (C=O) groups excluding carboxylic acids is 1. The summed E-state index contributed by atoms with van der Waals surface area (Å²) in [5.74, 6) is 4.52. The lowest BCUT2D eigenvalue weighted by Gasteiger charge is -2.33. The van der Waals surface area contributed by atoms with Crippen molar-refractivity contribution in [3.63, 3.8) is 0 Å². The van der Waals surface area contributed by atoms with Gasteiger partial charge in [-0.25, -0.2) is 19.0 Å². The second-order valence-corrected chi connectivity index (χ2v) is 8.18. The van der Waals surface area contributed by atoms with E-state index in [4.69, 9.17) is 10.8 Å². The third-order valence-electron chi connectivity index (χ3n) is 5.86. The number of nitrogens with zero attached hydrogens (tertiary/aromatic N) is 5. The van der Waals surface area contributed by atoms with Crippen LogP contribution in [0.2, 0.25) is 0 Å². The number of rotatable bonds is 3. The molecule has 0 saturated carbocycles. The number of nitrogens with one attached hydrogen (secondary N) is 1. The molecule has 0 radical (unpaired) electrons. The molecule has 3 heterocycles. The number of nitrogen functional groups attached to an aromatic ring is 1. The summed E-state index contributed by atoms with van der Waals surface area (Å²) in [7, 11) is 1.76. The number of hydrogen-bond acceptors (Lipinski definition) is 7. The van der Waals surface area contributed by atoms with E-state index in [2.05, 4.69) is 27.1 Å². The molecule has 4 N–H and O–H groups in total. The van der Waals surface area contributed by atoms with Crippen molar-refractivity contribution in [2.45, 2.75) is 12.5 Å². The quantitative estimate of drug-likeness (QED) is 0.392. The second-order valence-electron chi connectivity index (χ2n) is 8.18. The van der Waals surface area contributed by atoms with E-state index in [-0.39, 0.29) is 23.5 Å². The lowest BCUT2D eigenvalue weighted by molar-refractivity contribution is -0.113. The van der Waals surface area contributed by atoms with E-state index in [0.29, 0.717) is 41.8 Å². The van der Waals surface area contributed by atoms with Crippen LogP contribution in [0.1, 0.15) is 11.6 Å². The van der Waals surface area contributed by atoms with Gasteiger partial charge in [0.25, 0.3) is 0 Å². The first kappa shape index (κ1) is 22.3. The number of fused-ring (bicyclic) bond motifs is 2. The van der Waals surface area contributed by atoms with Crippen LogP contribution in [0.3, 0.4) is 0 Å². The summed E-state index contributed by atoms with van der Waals surface area (Å²) >= 11 is 0. The van der Waals surface area contributed by atoms with Crippen LogP contribution in [0.5, 0.6) is 5.75 Å². The van der Waals surface area contributed by atoms with Crippen LogP contribution in [-0.2, 0) is 11.2 Å². The highest BCUT2D eigenvalue weighted by molar-refractivity contribution is 6.06. The molecule has 9 nitrogen and oxygen atoms in total. The molecule has 176 valence electrons. The molecule has 1 atom stereocenters. The Hall–Kier alpha value is -4.49. The number of phenols is 1. The van der Waals surface area contributed by atoms with Crippen molar-refractivity contribution in [2.75, 3.05) is 30.8 Å². The minimum Gasteiger partial charge on any atom is -0.508 e. The number of carbonyl (C=O) groups is 1. The fourth-order valence-electron chi connectivity index (χ4n) is 4.37. The topological polar surface area (TPSA) is 122 Å². The Labute approximate surface area is 200 Å². The standard InChI is InChI=1S/C25H22FN7O2/c1-28-8-4-7-21(35)32-13-18(10-15-5-2-3-6-20(15)32)33-25-22(24(27)29-14-30-25)23(31-33)16-9-17(26)12-19(34)11-16/h2-3,5-6,9,11-12,14,18,28,34H,8,10,13H2,1H3,(H2,27,29,30). The van der Waals surface area contributed by atoms with E-state index in [1.54, 1.807) is 16.6 Å². The van der Waals surface area contributed by atoms with Gasteiger partial charge < -0.3 is 16.2 Å². The molecule has 1 unspecified atom stereocenters. The van der Waals surface area contributed by atoms with Crippen molar-refractivity contribution in [2.24, 2.45) is 0 Å². The van der Waals surface area contributed by atoms with Gasteiger partial charge in [0, 0.05) is 23.9 Å². The average molecular weight is 471 g/mol. The summed E-state index contributed by atoms with van der Waals surface area (Å²) in [6.07, 6.45) is 1.92. The summed E-state index contributed by atoms with van der Waals surface area (Å²) in [4.78, 5) is 23.1. The molecule has 0 bridgehead atoms. The Morgan fingerprint density at radius 1 is 1.29 bits per heavy atom. The molecule has 2 aromatic carbocycles. The normalized spacial score (nSPS) is 14.9. The fourth-order valence-corrected chi connectivity index (χ4v) is 4.37. The summed E-state index contributed by atoms with van der Waals surface area (Å²) in [5.41, 5.74) is 9.09. The number of halogens is 1. The molecule has 10 heteroatoms. The van der Waals surface area contributed by atoms with Gasteiger partial charge in [0.15, 0.2) is 5.65 Å². The van der Waals surface area contributed by atoms with Gasteiger partial charge >= 0.3 is 5.91 Å². The van der Waals surface area contributed by atoms with Crippen molar-refractivity contribution in [1.29, 1.82) is 0 Å². The van der Waals surface area contributed by atoms with Crippen molar-refractivity contribution in [3.8, 4) is 28.8 Å². The molecule has 4 aromatic rings. The summed E-state index contributed by atoms with van der Waals surface area (Å²) < 4.78 is 15.8. The van der Waals surface area contributed by atoms with Crippen LogP contribution in [-0.4, -0.2) is 50.9 Å². The molecule has 1 aliphatic rings. The number of phenolic OH excluding ortho intramolecular Hbond substituents is 1. The van der Waals surface area contributed by atoms with Crippen LogP contribution in [0.4, 0.5) is 15.9 Å². The van der Waals surface area contributed by atoms with Crippen molar-refractivity contribution >= 4 is 28.4 Å². The largest absolute Gasteiger partial charge is 0.508 e. The maximum Gasteiger partial charge on any atom is 0.303 e. The SMILES string of the molecule is CNCC#CC(=O)N1CC(n2nc(-c3cc(O)cc(F)c3)c3c(N)ncnc32)Cc2ccccc21. The molecule has 5 rings (SSSR count). The number of aromatic nitrogens is 4. The molecule has 0 fully saturated rings. The van der Waals surface area contributed by atoms with E-state index in [0.717, 1.165) is 17.3 Å². The summed E-state index contributed by atoms with van der Waals surface area (Å²) in [6, 6.07) is 11.0. The van der Waals surface area contributed by atoms with Gasteiger partial charge in [-0.2, -0.15) is 5.10 Å². The minimum absolute atomic E-state index is 0.182. The van der Waals surface area contributed by atoms with Crippen LogP contribution in [0.25, 0.3) is 22.3 Å². The van der Waals surface area contributed by atoms with E-state index < -0.39 is 5.82 Å². The molecule has 35 heavy (non-hydrogen) atoms. The van der Waals surface area contributed by atoms with Crippen LogP contribution in [0.15, 0.2) is 48.8 Å². The van der Waals surface area contributed by atoms with Gasteiger partial charge in [0.1, 0.15) is 29.4 Å². The fraction of sp³-hybridized carbons (Fsp3) is 0.200. The molecule has 1 aliphatic heterocycles. The second kappa shape index (κ2) is 9.04. The van der Waals surface area contributed by atoms with Gasteiger partial charge in [-0.1, -0.05) is 24.1 Å². The molecular weight excluding hydrogens is 449 g/mol. The lowest BCUT2D eigenvalue weighted by atomic mass is 9.97. The highest BCUT2D eigenvalue weighted by Crippen LogP contribution is 2.37. The zero-order valence-electron chi connectivity index (χ0n) is 18.9. The Balaban J connectivity index is 1.63. The maximum atomic E-state index is 14.1. The minimum atomic E-state index is -0.610. The lowest BCUT2D eigenvalue weighted by Crippen LogP contribution is -2.40. The van der Waals surface area contributed by atoms with Gasteiger partial charge in [-0.15, -0.1) is 0 Å². The first-order valence-corrected chi connectivity index (χ1v) is 11.0. The third kappa shape index (κ3) is 4.13. The Morgan fingerprint density at radius 2 is 2.11 bits per heavy atom. The summed E-state index contributed by atoms with van der Waals surface area (Å²) in [6.45, 7) is 0.701. The predicted molar refractivity (Wildman–Crippen MR) is 130 cm³/mol. The molecule has 0 saturated heterocycles. The summed E-state index contributed by atoms with van der Waals surface area (Å²) in [5, 5.41) is 18.0. The van der Waals surface area contributed by atoms with Crippen molar-refractivity contribution in [1.82, 2.24) is 25.1 Å². The molecule has 1 amide bonds. The number of hydrogen-bond donors (Lipinski definition) is 3. The first-order valence-electron chi connectivity index (χ1n) is 11.0. The molecule has 2 aromatic heterocycles. The van der Waals surface area contributed by atoms with Gasteiger partial charge in [0.2, 0.25) is 0 Å². The Morgan fingerprint density at radius 3 is 2.91 bits per heavy atom. The Bertz CT molecular complexity index is 1480. The van der Waals surface area contributed by atoms with Crippen LogP contribution in [0, 0.1) is 17.7 Å². The van der Waals surface area contributed by atoms with Gasteiger partial charge in [-0.05, 0) is 43.2 Å². The zero-order chi connectivity index (χ0) is 24.5. The van der Waals surface area contributed by atoms with E-state index in [9.17, 15) is 14.3 Å². The monoisotopic (exact) mass is 471 g/mol. The average Bonchev–Trinajstić information content (AvgIpc) is 3.24. The number of para-hydroxylation sites is 1. The smallest absolute Gasteiger partial charge is 0.303 e. The number of anilines is 2. The van der Waals surface area contributed by atoms with E-state index in [1.807, 2.05) is 24.3 Å². The Kier molecular flexibility index (Phi) is 5.76. The number of benzene rings is 2. The van der Waals surface area contributed by atoms with Gasteiger partial charge in [0.05, 0.1) is 18.0 Å². The highest BCUT2D eigenvalue weighted by Gasteiger charge is 2.31. The molecule has 0 spiro atoms. The predicted octanol–water partition coefficient (Wildman–Crippen LogP) is 2.27. The third-order valence-corrected chi connectivity index (χ3v) is 5.86. The molecule has 0 aliphatic carbocycles. The maximum absolute atomic E-state index is 14.1. The van der Waals surface area contributed by atoms with Crippen LogP contribution >= 0.6 is 0 Å². The zero-order valence-corrected chi connectivity index (χ0v) is 18.9. The van der Waals surface area contributed by atoms with E-state index >= 15 is 0 Å².